The van der Waals surface area contributed by atoms with Crippen LogP contribution in [0.1, 0.15) is 32.3 Å². The number of amides is 1. The average Bonchev–Trinajstić information content (AvgIpc) is 2.82. The number of halogens is 1. The van der Waals surface area contributed by atoms with E-state index in [1.54, 1.807) is 11.3 Å². The summed E-state index contributed by atoms with van der Waals surface area (Å²) in [5.74, 6) is 0.0833. The van der Waals surface area contributed by atoms with Crippen molar-refractivity contribution in [1.82, 2.24) is 5.32 Å². The third kappa shape index (κ3) is 4.99. The van der Waals surface area contributed by atoms with Crippen molar-refractivity contribution in [3.63, 3.8) is 0 Å². The number of hydrogen-bond donors (Lipinski definition) is 2. The Bertz CT molecular complexity index is 595. The summed E-state index contributed by atoms with van der Waals surface area (Å²) >= 11 is 1.77. The second-order valence-corrected chi connectivity index (χ2v) is 6.66. The van der Waals surface area contributed by atoms with Gasteiger partial charge in [-0.1, -0.05) is 18.2 Å². The van der Waals surface area contributed by atoms with Gasteiger partial charge >= 0.3 is 0 Å². The number of thiophene rings is 1. The van der Waals surface area contributed by atoms with Crippen LogP contribution in [0.15, 0.2) is 29.6 Å². The summed E-state index contributed by atoms with van der Waals surface area (Å²) in [7, 11) is 0. The number of carbonyl (C=O) groups is 1. The lowest BCUT2D eigenvalue weighted by atomic mass is 10.0. The van der Waals surface area contributed by atoms with Gasteiger partial charge in [-0.05, 0) is 49.1 Å². The van der Waals surface area contributed by atoms with Crippen molar-refractivity contribution < 1.29 is 4.79 Å². The Hall–Kier alpha value is -1.10. The summed E-state index contributed by atoms with van der Waals surface area (Å²) in [6, 6.07) is 8.42. The molecule has 0 atom stereocenters. The van der Waals surface area contributed by atoms with Gasteiger partial charge in [-0.15, -0.1) is 23.7 Å². The molecule has 5 heteroatoms. The Morgan fingerprint density at radius 3 is 2.76 bits per heavy atom. The predicted octanol–water partition coefficient (Wildman–Crippen LogP) is 3.50. The van der Waals surface area contributed by atoms with Gasteiger partial charge in [-0.2, -0.15) is 0 Å². The number of nitrogens with two attached hydrogens (primary N) is 1. The first kappa shape index (κ1) is 18.0. The summed E-state index contributed by atoms with van der Waals surface area (Å²) in [5.41, 5.74) is 6.64. The number of nitrogens with one attached hydrogen (secondary N) is 1. The van der Waals surface area contributed by atoms with Crippen LogP contribution in [-0.2, 0) is 11.2 Å². The van der Waals surface area contributed by atoms with Crippen LogP contribution in [0, 0.1) is 0 Å². The van der Waals surface area contributed by atoms with Gasteiger partial charge in [0.25, 0.3) is 0 Å². The number of fused-ring (bicyclic) bond motifs is 1. The molecule has 0 saturated carbocycles. The molecular formula is C16H23ClN2OS. The van der Waals surface area contributed by atoms with Gasteiger partial charge in [-0.3, -0.25) is 4.79 Å². The Kier molecular flexibility index (Phi) is 6.65. The fraction of sp³-hybridized carbons (Fsp3) is 0.438. The first-order valence-electron chi connectivity index (χ1n) is 6.98. The molecule has 0 aliphatic carbocycles. The van der Waals surface area contributed by atoms with Gasteiger partial charge in [0.05, 0.1) is 0 Å². The number of benzene rings is 1. The van der Waals surface area contributed by atoms with E-state index in [0.29, 0.717) is 13.0 Å². The lowest BCUT2D eigenvalue weighted by Gasteiger charge is -2.24. The molecule has 0 aliphatic heterocycles. The largest absolute Gasteiger partial charge is 0.350 e. The summed E-state index contributed by atoms with van der Waals surface area (Å²) in [6.07, 6.45) is 2.36. The zero-order valence-corrected chi connectivity index (χ0v) is 14.2. The highest BCUT2D eigenvalue weighted by Gasteiger charge is 2.17. The topological polar surface area (TPSA) is 55.1 Å². The quantitative estimate of drug-likeness (QED) is 0.853. The molecule has 21 heavy (non-hydrogen) atoms. The van der Waals surface area contributed by atoms with E-state index >= 15 is 0 Å². The zero-order chi connectivity index (χ0) is 14.6. The lowest BCUT2D eigenvalue weighted by Crippen LogP contribution is -2.48. The number of rotatable bonds is 6. The molecule has 2 aromatic rings. The molecule has 116 valence electrons. The smallest absolute Gasteiger partial charge is 0.220 e. The molecule has 0 aliphatic rings. The molecule has 1 aromatic heterocycles. The Morgan fingerprint density at radius 2 is 2.05 bits per heavy atom. The molecular weight excluding hydrogens is 304 g/mol. The third-order valence-electron chi connectivity index (χ3n) is 3.40. The first-order chi connectivity index (χ1) is 9.52. The van der Waals surface area contributed by atoms with Gasteiger partial charge in [0.15, 0.2) is 0 Å². The van der Waals surface area contributed by atoms with Crippen molar-refractivity contribution in [2.24, 2.45) is 5.73 Å². The summed E-state index contributed by atoms with van der Waals surface area (Å²) in [4.78, 5) is 11.8. The van der Waals surface area contributed by atoms with Gasteiger partial charge in [0, 0.05) is 23.2 Å². The SMILES string of the molecule is CC(C)(CN)NC(=O)CCCc1csc2ccccc12.Cl. The highest BCUT2D eigenvalue weighted by Crippen LogP contribution is 2.26. The van der Waals surface area contributed by atoms with Crippen molar-refractivity contribution >= 4 is 39.7 Å². The maximum absolute atomic E-state index is 11.8. The van der Waals surface area contributed by atoms with Crippen LogP contribution in [0.25, 0.3) is 10.1 Å². The van der Waals surface area contributed by atoms with E-state index in [2.05, 4.69) is 35.0 Å². The molecule has 3 N–H and O–H groups in total. The van der Waals surface area contributed by atoms with Crippen LogP contribution in [0.2, 0.25) is 0 Å². The molecule has 0 saturated heterocycles. The van der Waals surface area contributed by atoms with E-state index in [-0.39, 0.29) is 23.9 Å². The molecule has 0 fully saturated rings. The second-order valence-electron chi connectivity index (χ2n) is 5.75. The van der Waals surface area contributed by atoms with Crippen LogP contribution in [0.5, 0.6) is 0 Å². The van der Waals surface area contributed by atoms with Gasteiger partial charge in [-0.25, -0.2) is 0 Å². The van der Waals surface area contributed by atoms with Crippen LogP contribution in [0.3, 0.4) is 0 Å². The van der Waals surface area contributed by atoms with Crippen molar-refractivity contribution in [2.75, 3.05) is 6.54 Å². The third-order valence-corrected chi connectivity index (χ3v) is 4.41. The lowest BCUT2D eigenvalue weighted by molar-refractivity contribution is -0.122. The number of hydrogen-bond acceptors (Lipinski definition) is 3. The Balaban J connectivity index is 0.00000220. The minimum absolute atomic E-state index is 0. The van der Waals surface area contributed by atoms with E-state index in [1.165, 1.54) is 15.6 Å². The van der Waals surface area contributed by atoms with Crippen LogP contribution < -0.4 is 11.1 Å². The maximum atomic E-state index is 11.8. The van der Waals surface area contributed by atoms with Crippen molar-refractivity contribution in [2.45, 2.75) is 38.6 Å². The molecule has 2 rings (SSSR count). The zero-order valence-electron chi connectivity index (χ0n) is 12.5. The summed E-state index contributed by atoms with van der Waals surface area (Å²) in [5, 5.41) is 6.48. The normalized spacial score (nSPS) is 11.2. The van der Waals surface area contributed by atoms with Crippen molar-refractivity contribution in [3.8, 4) is 0 Å². The number of carbonyl (C=O) groups excluding carboxylic acids is 1. The molecule has 3 nitrogen and oxygen atoms in total. The summed E-state index contributed by atoms with van der Waals surface area (Å²) in [6.45, 7) is 4.34. The monoisotopic (exact) mass is 326 g/mol. The van der Waals surface area contributed by atoms with Crippen LogP contribution in [-0.4, -0.2) is 18.0 Å². The van der Waals surface area contributed by atoms with Crippen LogP contribution in [0.4, 0.5) is 0 Å². The highest BCUT2D eigenvalue weighted by atomic mass is 35.5. The molecule has 1 amide bonds. The highest BCUT2D eigenvalue weighted by molar-refractivity contribution is 7.17. The second kappa shape index (κ2) is 7.78. The molecule has 0 radical (unpaired) electrons. The average molecular weight is 327 g/mol. The van der Waals surface area contributed by atoms with Gasteiger partial charge < -0.3 is 11.1 Å². The maximum Gasteiger partial charge on any atom is 0.220 e. The van der Waals surface area contributed by atoms with E-state index in [0.717, 1.165) is 12.8 Å². The molecule has 1 aromatic carbocycles. The summed E-state index contributed by atoms with van der Waals surface area (Å²) < 4.78 is 1.32. The molecule has 0 spiro atoms. The Labute approximate surface area is 136 Å². The number of aryl methyl sites for hydroxylation is 1. The predicted molar refractivity (Wildman–Crippen MR) is 93.3 cm³/mol. The molecule has 1 heterocycles. The van der Waals surface area contributed by atoms with Crippen LogP contribution >= 0.6 is 23.7 Å². The fourth-order valence-electron chi connectivity index (χ4n) is 2.16. The minimum Gasteiger partial charge on any atom is -0.350 e. The standard InChI is InChI=1S/C16H22N2OS.ClH/c1-16(2,11-17)18-15(19)9-5-6-12-10-20-14-8-4-3-7-13(12)14;/h3-4,7-8,10H,5-6,9,11,17H2,1-2H3,(H,18,19);1H. The fourth-order valence-corrected chi connectivity index (χ4v) is 3.15. The van der Waals surface area contributed by atoms with E-state index < -0.39 is 0 Å². The van der Waals surface area contributed by atoms with Crippen molar-refractivity contribution in [3.05, 3.63) is 35.2 Å². The molecule has 0 bridgehead atoms. The van der Waals surface area contributed by atoms with Crippen molar-refractivity contribution in [1.29, 1.82) is 0 Å². The minimum atomic E-state index is -0.313. The van der Waals surface area contributed by atoms with Gasteiger partial charge in [0.1, 0.15) is 0 Å². The first-order valence-corrected chi connectivity index (χ1v) is 7.86. The Morgan fingerprint density at radius 1 is 1.33 bits per heavy atom. The molecule has 0 unspecified atom stereocenters. The van der Waals surface area contributed by atoms with E-state index in [4.69, 9.17) is 5.73 Å². The van der Waals surface area contributed by atoms with E-state index in [9.17, 15) is 4.79 Å². The van der Waals surface area contributed by atoms with Gasteiger partial charge in [0.2, 0.25) is 5.91 Å². The van der Waals surface area contributed by atoms with E-state index in [1.807, 2.05) is 13.8 Å².